The Morgan fingerprint density at radius 2 is 2.28 bits per heavy atom. The summed E-state index contributed by atoms with van der Waals surface area (Å²) >= 11 is 0. The van der Waals surface area contributed by atoms with Gasteiger partial charge in [-0.1, -0.05) is 6.92 Å². The second-order valence-electron chi connectivity index (χ2n) is 6.90. The van der Waals surface area contributed by atoms with E-state index in [4.69, 9.17) is 5.73 Å². The van der Waals surface area contributed by atoms with E-state index in [1.54, 1.807) is 12.3 Å². The number of rotatable bonds is 4. The molecule has 2 fully saturated rings. The third-order valence-electron chi connectivity index (χ3n) is 5.17. The van der Waals surface area contributed by atoms with Crippen LogP contribution in [0.2, 0.25) is 0 Å². The van der Waals surface area contributed by atoms with Crippen molar-refractivity contribution in [3.05, 3.63) is 18.3 Å². The number of pyridine rings is 2. The maximum absolute atomic E-state index is 13.0. The van der Waals surface area contributed by atoms with Crippen molar-refractivity contribution in [2.45, 2.75) is 44.8 Å². The Labute approximate surface area is 145 Å². The maximum atomic E-state index is 13.0. The molecule has 2 aromatic rings. The van der Waals surface area contributed by atoms with Crippen LogP contribution in [0.25, 0.3) is 10.8 Å². The molecule has 0 spiro atoms. The van der Waals surface area contributed by atoms with E-state index in [1.165, 1.54) is 6.42 Å². The predicted molar refractivity (Wildman–Crippen MR) is 96.2 cm³/mol. The Hall–Kier alpha value is -2.44. The number of nitrogens with zero attached hydrogens (tertiary/aromatic N) is 3. The Bertz CT molecular complexity index is 826. The van der Waals surface area contributed by atoms with Gasteiger partial charge in [0.2, 0.25) is 5.91 Å². The van der Waals surface area contributed by atoms with Crippen molar-refractivity contribution in [3.63, 3.8) is 0 Å². The van der Waals surface area contributed by atoms with Gasteiger partial charge in [-0.3, -0.25) is 4.79 Å². The molecule has 0 unspecified atom stereocenters. The zero-order valence-corrected chi connectivity index (χ0v) is 14.2. The van der Waals surface area contributed by atoms with Crippen molar-refractivity contribution in [2.24, 2.45) is 5.92 Å². The summed E-state index contributed by atoms with van der Waals surface area (Å²) in [6, 6.07) is 4.26. The molecular formula is C18H22FN5O. The topological polar surface area (TPSA) is 84.1 Å². The minimum atomic E-state index is -1.02. The summed E-state index contributed by atoms with van der Waals surface area (Å²) in [7, 11) is 0. The first kappa shape index (κ1) is 16.1. The molecule has 1 aliphatic heterocycles. The molecule has 6 nitrogen and oxygen atoms in total. The average Bonchev–Trinajstić information content (AvgIpc) is 3.14. The van der Waals surface area contributed by atoms with Crippen LogP contribution in [0.5, 0.6) is 0 Å². The van der Waals surface area contributed by atoms with Crippen molar-refractivity contribution in [1.29, 1.82) is 0 Å². The fraction of sp³-hybridized carbons (Fsp3) is 0.500. The zero-order valence-electron chi connectivity index (χ0n) is 14.2. The number of carbonyl (C=O) groups is 1. The highest BCUT2D eigenvalue weighted by Gasteiger charge is 2.43. The SMILES string of the molecule is CC[C@@H]1CCCN1c1cc2cc(NC(=O)[C@@H]3C[C@@H]3F)ncc2c(N)n1. The Kier molecular flexibility index (Phi) is 3.94. The predicted octanol–water partition coefficient (Wildman–Crippen LogP) is 2.89. The number of nitrogen functional groups attached to an aromatic ring is 1. The average molecular weight is 343 g/mol. The van der Waals surface area contributed by atoms with Gasteiger partial charge >= 0.3 is 0 Å². The molecule has 2 aromatic heterocycles. The normalized spacial score (nSPS) is 25.4. The van der Waals surface area contributed by atoms with Gasteiger partial charge in [0.25, 0.3) is 0 Å². The number of alkyl halides is 1. The lowest BCUT2D eigenvalue weighted by atomic mass is 10.1. The third-order valence-corrected chi connectivity index (χ3v) is 5.17. The molecule has 3 heterocycles. The van der Waals surface area contributed by atoms with Crippen LogP contribution in [-0.4, -0.2) is 34.6 Å². The fourth-order valence-electron chi connectivity index (χ4n) is 3.59. The summed E-state index contributed by atoms with van der Waals surface area (Å²) in [5.41, 5.74) is 6.12. The van der Waals surface area contributed by atoms with Crippen molar-refractivity contribution in [1.82, 2.24) is 9.97 Å². The van der Waals surface area contributed by atoms with Crippen molar-refractivity contribution in [2.75, 3.05) is 22.5 Å². The second-order valence-corrected chi connectivity index (χ2v) is 6.90. The zero-order chi connectivity index (χ0) is 17.6. The molecular weight excluding hydrogens is 321 g/mol. The fourth-order valence-corrected chi connectivity index (χ4v) is 3.59. The molecule has 1 aliphatic carbocycles. The lowest BCUT2D eigenvalue weighted by molar-refractivity contribution is -0.117. The molecule has 7 heteroatoms. The Morgan fingerprint density at radius 3 is 3.00 bits per heavy atom. The number of hydrogen-bond donors (Lipinski definition) is 2. The van der Waals surface area contributed by atoms with E-state index in [1.807, 2.05) is 6.07 Å². The molecule has 3 atom stereocenters. The van der Waals surface area contributed by atoms with Crippen molar-refractivity contribution >= 4 is 34.1 Å². The number of hydrogen-bond acceptors (Lipinski definition) is 5. The van der Waals surface area contributed by atoms with Crippen LogP contribution < -0.4 is 16.0 Å². The van der Waals surface area contributed by atoms with Crippen molar-refractivity contribution < 1.29 is 9.18 Å². The summed E-state index contributed by atoms with van der Waals surface area (Å²) in [6.07, 6.45) is 4.28. The quantitative estimate of drug-likeness (QED) is 0.892. The largest absolute Gasteiger partial charge is 0.383 e. The summed E-state index contributed by atoms with van der Waals surface area (Å²) in [4.78, 5) is 23.0. The number of aromatic nitrogens is 2. The molecule has 1 saturated heterocycles. The number of fused-ring (bicyclic) bond motifs is 1. The van der Waals surface area contributed by atoms with Crippen molar-refractivity contribution in [3.8, 4) is 0 Å². The highest BCUT2D eigenvalue weighted by Crippen LogP contribution is 2.35. The summed E-state index contributed by atoms with van der Waals surface area (Å²) in [6.45, 7) is 3.16. The monoisotopic (exact) mass is 343 g/mol. The molecule has 132 valence electrons. The molecule has 0 radical (unpaired) electrons. The van der Waals surface area contributed by atoms with Crippen LogP contribution in [0.1, 0.15) is 32.6 Å². The number of amides is 1. The van der Waals surface area contributed by atoms with E-state index in [0.29, 0.717) is 24.1 Å². The van der Waals surface area contributed by atoms with Crippen LogP contribution in [-0.2, 0) is 4.79 Å². The van der Waals surface area contributed by atoms with E-state index in [-0.39, 0.29) is 5.91 Å². The van der Waals surface area contributed by atoms with Gasteiger partial charge in [-0.15, -0.1) is 0 Å². The van der Waals surface area contributed by atoms with Crippen LogP contribution >= 0.6 is 0 Å². The van der Waals surface area contributed by atoms with Crippen LogP contribution in [0.4, 0.5) is 21.8 Å². The molecule has 0 aromatic carbocycles. The van der Waals surface area contributed by atoms with Gasteiger partial charge < -0.3 is 16.0 Å². The minimum absolute atomic E-state index is 0.299. The van der Waals surface area contributed by atoms with E-state index >= 15 is 0 Å². The van der Waals surface area contributed by atoms with Gasteiger partial charge in [-0.2, -0.15) is 0 Å². The summed E-state index contributed by atoms with van der Waals surface area (Å²) in [5, 5.41) is 4.32. The smallest absolute Gasteiger partial charge is 0.231 e. The van der Waals surface area contributed by atoms with E-state index in [2.05, 4.69) is 27.1 Å². The van der Waals surface area contributed by atoms with Crippen LogP contribution in [0, 0.1) is 5.92 Å². The maximum Gasteiger partial charge on any atom is 0.231 e. The number of carbonyl (C=O) groups excluding carboxylic acids is 1. The molecule has 2 aliphatic rings. The number of nitrogens with two attached hydrogens (primary N) is 1. The van der Waals surface area contributed by atoms with E-state index < -0.39 is 12.1 Å². The number of anilines is 3. The molecule has 3 N–H and O–H groups in total. The van der Waals surface area contributed by atoms with Gasteiger partial charge in [-0.25, -0.2) is 14.4 Å². The van der Waals surface area contributed by atoms with E-state index in [0.717, 1.165) is 36.0 Å². The standard InChI is InChI=1S/C18H22FN5O/c1-2-11-4-3-5-24(11)16-7-10-6-15(21-9-13(10)17(20)23-16)22-18(25)12-8-14(12)19/h6-7,9,11-12,14H,2-5,8H2,1H3,(H2,20,23)(H,21,22,25)/t11-,12-,14+/m1/s1. The van der Waals surface area contributed by atoms with Crippen LogP contribution in [0.15, 0.2) is 18.3 Å². The lowest BCUT2D eigenvalue weighted by Gasteiger charge is -2.25. The highest BCUT2D eigenvalue weighted by molar-refractivity contribution is 5.98. The van der Waals surface area contributed by atoms with E-state index in [9.17, 15) is 9.18 Å². The molecule has 1 amide bonds. The van der Waals surface area contributed by atoms with Gasteiger partial charge in [0.1, 0.15) is 23.6 Å². The Morgan fingerprint density at radius 1 is 1.48 bits per heavy atom. The molecule has 25 heavy (non-hydrogen) atoms. The summed E-state index contributed by atoms with van der Waals surface area (Å²) in [5.74, 6) is 0.869. The van der Waals surface area contributed by atoms with Crippen LogP contribution in [0.3, 0.4) is 0 Å². The number of halogens is 1. The van der Waals surface area contributed by atoms with Gasteiger partial charge in [-0.05, 0) is 43.2 Å². The first-order valence-electron chi connectivity index (χ1n) is 8.84. The summed E-state index contributed by atoms with van der Waals surface area (Å²) < 4.78 is 13.0. The minimum Gasteiger partial charge on any atom is -0.383 e. The first-order valence-corrected chi connectivity index (χ1v) is 8.84. The highest BCUT2D eigenvalue weighted by atomic mass is 19.1. The third kappa shape index (κ3) is 2.99. The second kappa shape index (κ2) is 6.13. The van der Waals surface area contributed by atoms with Gasteiger partial charge in [0.15, 0.2) is 0 Å². The molecule has 4 rings (SSSR count). The van der Waals surface area contributed by atoms with Gasteiger partial charge in [0, 0.05) is 24.2 Å². The number of nitrogens with one attached hydrogen (secondary N) is 1. The molecule has 0 bridgehead atoms. The molecule has 1 saturated carbocycles. The first-order chi connectivity index (χ1) is 12.1. The van der Waals surface area contributed by atoms with Gasteiger partial charge in [0.05, 0.1) is 5.92 Å². The Balaban J connectivity index is 1.65. The lowest BCUT2D eigenvalue weighted by Crippen LogP contribution is -2.29.